The topological polar surface area (TPSA) is 27.0 Å². The maximum atomic E-state index is 8.10. The van der Waals surface area contributed by atoms with E-state index in [1.54, 1.807) is 4.90 Å². The molecule has 0 N–H and O–H groups in total. The molecule has 0 aliphatic heterocycles. The summed E-state index contributed by atoms with van der Waals surface area (Å²) in [6.45, 7) is 0.956. The molecule has 42 valence electrons. The van der Waals surface area contributed by atoms with Gasteiger partial charge in [-0.2, -0.15) is 5.26 Å². The molecular formula is C6H8N2. The number of nitrogens with zero attached hydrogens (tertiary/aromatic N) is 2. The smallest absolute Gasteiger partial charge is 0.0871 e. The van der Waals surface area contributed by atoms with Gasteiger partial charge in [0.25, 0.3) is 0 Å². The van der Waals surface area contributed by atoms with Gasteiger partial charge in [0.1, 0.15) is 0 Å². The number of nitriles is 1. The van der Waals surface area contributed by atoms with E-state index >= 15 is 0 Å². The third-order valence-corrected chi connectivity index (χ3v) is 0.702. The molecule has 0 saturated carbocycles. The zero-order valence-corrected chi connectivity index (χ0v) is 4.89. The molecule has 2 heteroatoms. The van der Waals surface area contributed by atoms with Crippen LogP contribution in [0.3, 0.4) is 0 Å². The van der Waals surface area contributed by atoms with Crippen molar-refractivity contribution in [3.8, 4) is 18.4 Å². The van der Waals surface area contributed by atoms with Gasteiger partial charge in [-0.25, -0.2) is 0 Å². The Bertz CT molecular complexity index is 110. The van der Waals surface area contributed by atoms with Gasteiger partial charge in [-0.1, -0.05) is 5.92 Å². The van der Waals surface area contributed by atoms with Crippen LogP contribution in [0.25, 0.3) is 0 Å². The Morgan fingerprint density at radius 1 is 1.62 bits per heavy atom. The Morgan fingerprint density at radius 2 is 2.25 bits per heavy atom. The van der Waals surface area contributed by atoms with Crippen LogP contribution in [0.2, 0.25) is 0 Å². The van der Waals surface area contributed by atoms with Gasteiger partial charge < -0.3 is 0 Å². The lowest BCUT2D eigenvalue weighted by Crippen LogP contribution is -2.18. The van der Waals surface area contributed by atoms with E-state index in [9.17, 15) is 0 Å². The van der Waals surface area contributed by atoms with Crippen LogP contribution in [0.5, 0.6) is 0 Å². The van der Waals surface area contributed by atoms with E-state index in [4.69, 9.17) is 11.7 Å². The monoisotopic (exact) mass is 108 g/mol. The normalized spacial score (nSPS) is 8.00. The summed E-state index contributed by atoms with van der Waals surface area (Å²) in [6, 6.07) is 1.98. The lowest BCUT2D eigenvalue weighted by atomic mass is 10.5. The van der Waals surface area contributed by atoms with Gasteiger partial charge in [-0.15, -0.1) is 6.42 Å². The van der Waals surface area contributed by atoms with E-state index in [0.29, 0.717) is 13.1 Å². The third kappa shape index (κ3) is 3.21. The van der Waals surface area contributed by atoms with Gasteiger partial charge in [-0.3, -0.25) is 4.90 Å². The number of hydrogen-bond acceptors (Lipinski definition) is 2. The summed E-state index contributed by atoms with van der Waals surface area (Å²) in [5, 5.41) is 8.10. The van der Waals surface area contributed by atoms with Crippen molar-refractivity contribution >= 4 is 0 Å². The van der Waals surface area contributed by atoms with Crippen molar-refractivity contribution in [1.82, 2.24) is 4.90 Å². The average molecular weight is 108 g/mol. The van der Waals surface area contributed by atoms with Crippen LogP contribution < -0.4 is 0 Å². The minimum Gasteiger partial charge on any atom is -0.282 e. The standard InChI is InChI=1S/C6H8N2/c1-3-5-8(2)6-4-7/h1H,5-6H2,2H3. The van der Waals surface area contributed by atoms with Gasteiger partial charge in [-0.05, 0) is 7.05 Å². The van der Waals surface area contributed by atoms with Crippen molar-refractivity contribution in [3.05, 3.63) is 0 Å². The first-order valence-corrected chi connectivity index (χ1v) is 2.30. The fourth-order valence-corrected chi connectivity index (χ4v) is 0.332. The highest BCUT2D eigenvalue weighted by molar-refractivity contribution is 4.89. The molecule has 0 heterocycles. The lowest BCUT2D eigenvalue weighted by molar-refractivity contribution is 0.424. The maximum Gasteiger partial charge on any atom is 0.0871 e. The maximum absolute atomic E-state index is 8.10. The highest BCUT2D eigenvalue weighted by atomic mass is 15.1. The second-order valence-electron chi connectivity index (χ2n) is 1.53. The second kappa shape index (κ2) is 4.18. The molecule has 0 aromatic carbocycles. The highest BCUT2D eigenvalue weighted by Gasteiger charge is 1.88. The lowest BCUT2D eigenvalue weighted by Gasteiger charge is -2.04. The second-order valence-corrected chi connectivity index (χ2v) is 1.53. The molecule has 0 radical (unpaired) electrons. The van der Waals surface area contributed by atoms with Gasteiger partial charge >= 0.3 is 0 Å². The molecule has 8 heavy (non-hydrogen) atoms. The molecule has 0 atom stereocenters. The summed E-state index contributed by atoms with van der Waals surface area (Å²) in [4.78, 5) is 1.76. The molecule has 0 bridgehead atoms. The summed E-state index contributed by atoms with van der Waals surface area (Å²) < 4.78 is 0. The van der Waals surface area contributed by atoms with E-state index in [0.717, 1.165) is 0 Å². The summed E-state index contributed by atoms with van der Waals surface area (Å²) >= 11 is 0. The highest BCUT2D eigenvalue weighted by Crippen LogP contribution is 1.74. The predicted octanol–water partition coefficient (Wildman–Crippen LogP) is 0.0750. The molecule has 2 nitrogen and oxygen atoms in total. The molecule has 0 aliphatic rings. The molecule has 0 aromatic heterocycles. The Hall–Kier alpha value is -0.990. The molecule has 0 rings (SSSR count). The van der Waals surface area contributed by atoms with Crippen molar-refractivity contribution in [2.75, 3.05) is 20.1 Å². The Morgan fingerprint density at radius 3 is 2.62 bits per heavy atom. The molecule has 0 saturated heterocycles. The Labute approximate surface area is 49.7 Å². The van der Waals surface area contributed by atoms with Crippen LogP contribution in [0, 0.1) is 23.7 Å². The molecule has 0 amide bonds. The van der Waals surface area contributed by atoms with Crippen molar-refractivity contribution in [1.29, 1.82) is 5.26 Å². The minimum atomic E-state index is 0.407. The fourth-order valence-electron chi connectivity index (χ4n) is 0.332. The van der Waals surface area contributed by atoms with Crippen LogP contribution in [0.15, 0.2) is 0 Å². The summed E-state index contributed by atoms with van der Waals surface area (Å²) in [5.41, 5.74) is 0. The Balaban J connectivity index is 3.25. The van der Waals surface area contributed by atoms with Crippen molar-refractivity contribution in [3.63, 3.8) is 0 Å². The summed E-state index contributed by atoms with van der Waals surface area (Å²) in [5.74, 6) is 2.43. The van der Waals surface area contributed by atoms with E-state index in [1.165, 1.54) is 0 Å². The molecular weight excluding hydrogens is 100 g/mol. The van der Waals surface area contributed by atoms with Crippen LogP contribution in [-0.4, -0.2) is 25.0 Å². The largest absolute Gasteiger partial charge is 0.282 e. The van der Waals surface area contributed by atoms with E-state index in [2.05, 4.69) is 5.92 Å². The van der Waals surface area contributed by atoms with E-state index in [1.807, 2.05) is 13.1 Å². The molecule has 0 aliphatic carbocycles. The zero-order valence-electron chi connectivity index (χ0n) is 4.89. The first kappa shape index (κ1) is 7.01. The van der Waals surface area contributed by atoms with Gasteiger partial charge in [0.05, 0.1) is 19.2 Å². The van der Waals surface area contributed by atoms with Crippen molar-refractivity contribution in [2.45, 2.75) is 0 Å². The van der Waals surface area contributed by atoms with Crippen LogP contribution in [-0.2, 0) is 0 Å². The SMILES string of the molecule is C#CCN(C)CC#N. The average Bonchev–Trinajstić information content (AvgIpc) is 1.68. The van der Waals surface area contributed by atoms with Gasteiger partial charge in [0.2, 0.25) is 0 Å². The number of hydrogen-bond donors (Lipinski definition) is 0. The zero-order chi connectivity index (χ0) is 6.41. The van der Waals surface area contributed by atoms with Crippen molar-refractivity contribution < 1.29 is 0 Å². The summed E-state index contributed by atoms with van der Waals surface area (Å²) in [7, 11) is 1.81. The first-order valence-electron chi connectivity index (χ1n) is 2.30. The van der Waals surface area contributed by atoms with E-state index in [-0.39, 0.29) is 0 Å². The molecule has 0 fully saturated rings. The van der Waals surface area contributed by atoms with Crippen LogP contribution in [0.4, 0.5) is 0 Å². The quantitative estimate of drug-likeness (QED) is 0.370. The van der Waals surface area contributed by atoms with Crippen LogP contribution in [0.1, 0.15) is 0 Å². The van der Waals surface area contributed by atoms with Crippen molar-refractivity contribution in [2.24, 2.45) is 0 Å². The Kier molecular flexibility index (Phi) is 3.66. The third-order valence-electron chi connectivity index (χ3n) is 0.702. The van der Waals surface area contributed by atoms with Gasteiger partial charge in [0.15, 0.2) is 0 Å². The molecule has 0 aromatic rings. The minimum absolute atomic E-state index is 0.407. The van der Waals surface area contributed by atoms with Gasteiger partial charge in [0, 0.05) is 0 Å². The number of terminal acetylenes is 1. The number of rotatable bonds is 2. The summed E-state index contributed by atoms with van der Waals surface area (Å²) in [6.07, 6.45) is 4.96. The molecule has 0 spiro atoms. The van der Waals surface area contributed by atoms with Crippen LogP contribution >= 0.6 is 0 Å². The first-order chi connectivity index (χ1) is 3.81. The van der Waals surface area contributed by atoms with E-state index < -0.39 is 0 Å². The predicted molar refractivity (Wildman–Crippen MR) is 31.9 cm³/mol. The fraction of sp³-hybridized carbons (Fsp3) is 0.500. The molecule has 0 unspecified atom stereocenters.